The molecule has 6 N–H and O–H groups in total. The molecule has 120 valence electrons. The first-order chi connectivity index (χ1) is 10.8. The van der Waals surface area contributed by atoms with Crippen molar-refractivity contribution >= 4 is 29.3 Å². The molecule has 1 unspecified atom stereocenters. The Labute approximate surface area is 128 Å². The molecule has 1 atom stereocenters. The summed E-state index contributed by atoms with van der Waals surface area (Å²) in [6, 6.07) is -1.25. The van der Waals surface area contributed by atoms with Gasteiger partial charge in [-0.15, -0.1) is 0 Å². The van der Waals surface area contributed by atoms with Crippen LogP contribution in [0.5, 0.6) is 17.2 Å². The van der Waals surface area contributed by atoms with Crippen molar-refractivity contribution in [1.82, 2.24) is 10.2 Å². The maximum Gasteiger partial charge on any atom is 0.266 e. The Balaban J connectivity index is 2.12. The van der Waals surface area contributed by atoms with Gasteiger partial charge in [0.1, 0.15) is 11.6 Å². The van der Waals surface area contributed by atoms with Gasteiger partial charge in [0.05, 0.1) is 11.3 Å². The number of hydrogen-bond acceptors (Lipinski definition) is 8. The van der Waals surface area contributed by atoms with Crippen LogP contribution in [-0.4, -0.2) is 49.9 Å². The van der Waals surface area contributed by atoms with Crippen molar-refractivity contribution in [2.75, 3.05) is 5.73 Å². The van der Waals surface area contributed by atoms with E-state index in [1.807, 2.05) is 5.32 Å². The van der Waals surface area contributed by atoms with Crippen LogP contribution in [0.2, 0.25) is 0 Å². The van der Waals surface area contributed by atoms with Crippen LogP contribution in [0.1, 0.15) is 33.6 Å². The van der Waals surface area contributed by atoms with Gasteiger partial charge in [0, 0.05) is 6.42 Å². The lowest BCUT2D eigenvalue weighted by Crippen LogP contribution is -2.54. The second kappa shape index (κ2) is 4.60. The maximum atomic E-state index is 12.4. The Morgan fingerprint density at radius 1 is 0.957 bits per heavy atom. The Morgan fingerprint density at radius 3 is 2.17 bits per heavy atom. The Hall–Kier alpha value is -3.30. The molecule has 10 nitrogen and oxygen atoms in total. The second-order valence-corrected chi connectivity index (χ2v) is 5.16. The van der Waals surface area contributed by atoms with Crippen LogP contribution in [0.25, 0.3) is 0 Å². The summed E-state index contributed by atoms with van der Waals surface area (Å²) in [5.74, 6) is -6.37. The number of aromatic hydroxyl groups is 3. The third-order valence-electron chi connectivity index (χ3n) is 3.85. The van der Waals surface area contributed by atoms with E-state index >= 15 is 0 Å². The number of nitrogens with one attached hydrogen (secondary N) is 1. The summed E-state index contributed by atoms with van der Waals surface area (Å²) in [6.45, 7) is 0. The quantitative estimate of drug-likeness (QED) is 0.185. The molecule has 10 heteroatoms. The average Bonchev–Trinajstić information content (AvgIpc) is 2.75. The molecule has 0 radical (unpaired) electrons. The fraction of sp³-hybridized carbons (Fsp3) is 0.231. The fourth-order valence-electron chi connectivity index (χ4n) is 2.70. The van der Waals surface area contributed by atoms with Crippen molar-refractivity contribution in [3.05, 3.63) is 11.1 Å². The summed E-state index contributed by atoms with van der Waals surface area (Å²) in [5.41, 5.74) is 3.87. The number of carbonyl (C=O) groups is 4. The molecule has 2 heterocycles. The lowest BCUT2D eigenvalue weighted by atomic mass is 10.0. The van der Waals surface area contributed by atoms with E-state index in [2.05, 4.69) is 0 Å². The highest BCUT2D eigenvalue weighted by Gasteiger charge is 2.48. The lowest BCUT2D eigenvalue weighted by Gasteiger charge is -2.27. The second-order valence-electron chi connectivity index (χ2n) is 5.16. The van der Waals surface area contributed by atoms with Gasteiger partial charge in [-0.1, -0.05) is 0 Å². The molecule has 0 aliphatic carbocycles. The molecular formula is C13H11N3O7. The van der Waals surface area contributed by atoms with Crippen molar-refractivity contribution in [2.24, 2.45) is 0 Å². The third kappa shape index (κ3) is 1.81. The van der Waals surface area contributed by atoms with E-state index in [0.717, 1.165) is 0 Å². The van der Waals surface area contributed by atoms with Crippen molar-refractivity contribution in [3.63, 3.8) is 0 Å². The van der Waals surface area contributed by atoms with Crippen molar-refractivity contribution in [3.8, 4) is 17.2 Å². The van der Waals surface area contributed by atoms with Gasteiger partial charge in [-0.25, -0.2) is 0 Å². The number of rotatable bonds is 1. The molecule has 0 saturated carbocycles. The topological polar surface area (TPSA) is 170 Å². The van der Waals surface area contributed by atoms with Crippen LogP contribution >= 0.6 is 0 Å². The number of nitrogens with two attached hydrogens (primary N) is 1. The first-order valence-electron chi connectivity index (χ1n) is 6.53. The third-order valence-corrected chi connectivity index (χ3v) is 3.85. The Morgan fingerprint density at radius 2 is 1.57 bits per heavy atom. The summed E-state index contributed by atoms with van der Waals surface area (Å²) >= 11 is 0. The van der Waals surface area contributed by atoms with Crippen LogP contribution < -0.4 is 11.1 Å². The van der Waals surface area contributed by atoms with Crippen molar-refractivity contribution in [1.29, 1.82) is 0 Å². The van der Waals surface area contributed by atoms with Crippen LogP contribution in [0.4, 0.5) is 5.69 Å². The van der Waals surface area contributed by atoms with Gasteiger partial charge in [0.2, 0.25) is 17.6 Å². The minimum absolute atomic E-state index is 0.0677. The molecule has 3 rings (SSSR count). The van der Waals surface area contributed by atoms with Crippen molar-refractivity contribution in [2.45, 2.75) is 18.9 Å². The molecule has 4 amide bonds. The first-order valence-corrected chi connectivity index (χ1v) is 6.53. The SMILES string of the molecule is Nc1c(O)c(O)c(O)c2c1C(=O)N(C1CCC(=O)NC1=O)C2=O. The van der Waals surface area contributed by atoms with Gasteiger partial charge in [-0.3, -0.25) is 29.4 Å². The minimum Gasteiger partial charge on any atom is -0.504 e. The van der Waals surface area contributed by atoms with Gasteiger partial charge in [-0.05, 0) is 6.42 Å². The zero-order chi connectivity index (χ0) is 17.0. The molecule has 2 aliphatic heterocycles. The minimum atomic E-state index is -1.25. The normalized spacial score (nSPS) is 20.7. The number of amides is 4. The van der Waals surface area contributed by atoms with Gasteiger partial charge in [0.15, 0.2) is 11.5 Å². The van der Waals surface area contributed by atoms with E-state index in [1.54, 1.807) is 0 Å². The molecule has 1 aromatic rings. The average molecular weight is 321 g/mol. The molecular weight excluding hydrogens is 310 g/mol. The molecule has 2 aliphatic rings. The number of nitrogen functional groups attached to an aromatic ring is 1. The number of phenols is 3. The van der Waals surface area contributed by atoms with Gasteiger partial charge in [0.25, 0.3) is 11.8 Å². The molecule has 0 bridgehead atoms. The van der Waals surface area contributed by atoms with E-state index < -0.39 is 63.7 Å². The largest absolute Gasteiger partial charge is 0.504 e. The number of carbonyl (C=O) groups excluding carboxylic acids is 4. The summed E-state index contributed by atoms with van der Waals surface area (Å²) in [6.07, 6.45) is -0.142. The highest BCUT2D eigenvalue weighted by atomic mass is 16.3. The van der Waals surface area contributed by atoms with Crippen LogP contribution in [0.3, 0.4) is 0 Å². The van der Waals surface area contributed by atoms with E-state index in [-0.39, 0.29) is 12.8 Å². The van der Waals surface area contributed by atoms with Gasteiger partial charge >= 0.3 is 0 Å². The Kier molecular flexibility index (Phi) is 2.92. The molecule has 23 heavy (non-hydrogen) atoms. The van der Waals surface area contributed by atoms with E-state index in [1.165, 1.54) is 0 Å². The van der Waals surface area contributed by atoms with Crippen LogP contribution in [-0.2, 0) is 9.59 Å². The highest BCUT2D eigenvalue weighted by Crippen LogP contribution is 2.48. The van der Waals surface area contributed by atoms with Gasteiger partial charge in [-0.2, -0.15) is 0 Å². The molecule has 1 fully saturated rings. The van der Waals surface area contributed by atoms with Crippen LogP contribution in [0.15, 0.2) is 0 Å². The number of hydrogen-bond donors (Lipinski definition) is 5. The summed E-state index contributed by atoms with van der Waals surface area (Å²) in [5, 5.41) is 31.0. The van der Waals surface area contributed by atoms with Gasteiger partial charge < -0.3 is 21.1 Å². The number of benzene rings is 1. The predicted octanol–water partition coefficient (Wildman–Crippen LogP) is -1.21. The monoisotopic (exact) mass is 321 g/mol. The van der Waals surface area contributed by atoms with Crippen molar-refractivity contribution < 1.29 is 34.5 Å². The smallest absolute Gasteiger partial charge is 0.266 e. The summed E-state index contributed by atoms with van der Waals surface area (Å²) < 4.78 is 0. The maximum absolute atomic E-state index is 12.4. The standard InChI is InChI=1S/C13H11N3O7/c14-7-5-6(8(18)10(20)9(7)19)13(23)16(12(5)22)3-1-2-4(17)15-11(3)21/h3,18-20H,1-2,14H2,(H,15,17,21). The first kappa shape index (κ1) is 14.6. The molecule has 1 aromatic carbocycles. The fourth-order valence-corrected chi connectivity index (χ4v) is 2.70. The molecule has 0 spiro atoms. The number of phenolic OH excluding ortho intramolecular Hbond substituents is 3. The molecule has 1 saturated heterocycles. The Bertz CT molecular complexity index is 754. The van der Waals surface area contributed by atoms with E-state index in [9.17, 15) is 34.5 Å². The summed E-state index contributed by atoms with van der Waals surface area (Å²) in [7, 11) is 0. The lowest BCUT2D eigenvalue weighted by molar-refractivity contribution is -0.136. The molecule has 0 aromatic heterocycles. The highest BCUT2D eigenvalue weighted by molar-refractivity contribution is 6.27. The number of fused-ring (bicyclic) bond motifs is 1. The van der Waals surface area contributed by atoms with E-state index in [0.29, 0.717) is 4.90 Å². The zero-order valence-electron chi connectivity index (χ0n) is 11.5. The number of imide groups is 2. The number of nitrogens with zero attached hydrogens (tertiary/aromatic N) is 1. The summed E-state index contributed by atoms with van der Waals surface area (Å²) in [4.78, 5) is 48.4. The number of anilines is 1. The predicted molar refractivity (Wildman–Crippen MR) is 72.5 cm³/mol. The van der Waals surface area contributed by atoms with Crippen LogP contribution in [0, 0.1) is 0 Å². The zero-order valence-corrected chi connectivity index (χ0v) is 11.5. The van der Waals surface area contributed by atoms with E-state index in [4.69, 9.17) is 5.73 Å². The number of piperidine rings is 1.